The van der Waals surface area contributed by atoms with Gasteiger partial charge in [0.05, 0.1) is 11.9 Å². The molecule has 0 spiro atoms. The summed E-state index contributed by atoms with van der Waals surface area (Å²) in [5, 5.41) is 12.1. The summed E-state index contributed by atoms with van der Waals surface area (Å²) < 4.78 is 1.87. The SMILES string of the molecule is Cn1cc(CN2CCc3[nH]nc(-c4ccccc4)c3CC2)cn1. The molecule has 0 unspecified atom stereocenters. The lowest BCUT2D eigenvalue weighted by atomic mass is 10.0. The predicted molar refractivity (Wildman–Crippen MR) is 89.9 cm³/mol. The van der Waals surface area contributed by atoms with E-state index in [4.69, 9.17) is 0 Å². The second-order valence-corrected chi connectivity index (χ2v) is 6.19. The number of aryl methyl sites for hydroxylation is 1. The van der Waals surface area contributed by atoms with Gasteiger partial charge in [-0.1, -0.05) is 30.3 Å². The fourth-order valence-electron chi connectivity index (χ4n) is 3.33. The van der Waals surface area contributed by atoms with E-state index in [9.17, 15) is 0 Å². The number of aromatic amines is 1. The van der Waals surface area contributed by atoms with E-state index in [2.05, 4.69) is 50.7 Å². The second kappa shape index (κ2) is 6.01. The van der Waals surface area contributed by atoms with Crippen molar-refractivity contribution < 1.29 is 0 Å². The van der Waals surface area contributed by atoms with E-state index in [1.54, 1.807) is 0 Å². The molecule has 0 fully saturated rings. The highest BCUT2D eigenvalue weighted by Gasteiger charge is 2.20. The average molecular weight is 307 g/mol. The molecule has 2 aromatic heterocycles. The Morgan fingerprint density at radius 3 is 2.74 bits per heavy atom. The lowest BCUT2D eigenvalue weighted by molar-refractivity contribution is 0.278. The van der Waals surface area contributed by atoms with Gasteiger partial charge < -0.3 is 0 Å². The zero-order valence-electron chi connectivity index (χ0n) is 13.4. The number of nitrogens with one attached hydrogen (secondary N) is 1. The molecule has 0 saturated heterocycles. The summed E-state index contributed by atoms with van der Waals surface area (Å²) >= 11 is 0. The van der Waals surface area contributed by atoms with Crippen LogP contribution < -0.4 is 0 Å². The second-order valence-electron chi connectivity index (χ2n) is 6.19. The van der Waals surface area contributed by atoms with Crippen LogP contribution in [0.4, 0.5) is 0 Å². The largest absolute Gasteiger partial charge is 0.298 e. The van der Waals surface area contributed by atoms with Gasteiger partial charge in [-0.2, -0.15) is 10.2 Å². The lowest BCUT2D eigenvalue weighted by Crippen LogP contribution is -2.26. The van der Waals surface area contributed by atoms with Crippen molar-refractivity contribution in [2.24, 2.45) is 7.05 Å². The Labute approximate surface area is 135 Å². The maximum atomic E-state index is 4.57. The van der Waals surface area contributed by atoms with Crippen molar-refractivity contribution in [3.8, 4) is 11.3 Å². The highest BCUT2D eigenvalue weighted by molar-refractivity contribution is 5.64. The quantitative estimate of drug-likeness (QED) is 0.808. The molecule has 1 aromatic carbocycles. The summed E-state index contributed by atoms with van der Waals surface area (Å²) in [6.45, 7) is 3.08. The molecule has 0 aliphatic carbocycles. The first kappa shape index (κ1) is 14.2. The molecule has 1 N–H and O–H groups in total. The van der Waals surface area contributed by atoms with Crippen molar-refractivity contribution in [2.75, 3.05) is 13.1 Å². The Hall–Kier alpha value is -2.40. The molecule has 0 amide bonds. The number of rotatable bonds is 3. The Balaban J connectivity index is 1.52. The van der Waals surface area contributed by atoms with Crippen molar-refractivity contribution in [2.45, 2.75) is 19.4 Å². The Bertz CT molecular complexity index is 787. The molecule has 0 bridgehead atoms. The molecule has 0 saturated carbocycles. The van der Waals surface area contributed by atoms with E-state index in [-0.39, 0.29) is 0 Å². The maximum Gasteiger partial charge on any atom is 0.0955 e. The number of H-pyrrole nitrogens is 1. The van der Waals surface area contributed by atoms with Crippen LogP contribution >= 0.6 is 0 Å². The van der Waals surface area contributed by atoms with Crippen LogP contribution in [0.5, 0.6) is 0 Å². The topological polar surface area (TPSA) is 49.7 Å². The first-order chi connectivity index (χ1) is 11.3. The number of hydrogen-bond acceptors (Lipinski definition) is 3. The van der Waals surface area contributed by atoms with Crippen molar-refractivity contribution in [1.29, 1.82) is 0 Å². The third-order valence-corrected chi connectivity index (χ3v) is 4.52. The highest BCUT2D eigenvalue weighted by Crippen LogP contribution is 2.26. The summed E-state index contributed by atoms with van der Waals surface area (Å²) in [7, 11) is 1.97. The average Bonchev–Trinajstić information content (AvgIpc) is 3.11. The molecule has 23 heavy (non-hydrogen) atoms. The number of nitrogens with zero attached hydrogens (tertiary/aromatic N) is 4. The third kappa shape index (κ3) is 2.92. The summed E-state index contributed by atoms with van der Waals surface area (Å²) in [5.74, 6) is 0. The minimum atomic E-state index is 0.964. The summed E-state index contributed by atoms with van der Waals surface area (Å²) in [6, 6.07) is 10.5. The smallest absolute Gasteiger partial charge is 0.0955 e. The minimum Gasteiger partial charge on any atom is -0.298 e. The zero-order chi connectivity index (χ0) is 15.6. The van der Waals surface area contributed by atoms with Crippen LogP contribution in [0.3, 0.4) is 0 Å². The van der Waals surface area contributed by atoms with Gasteiger partial charge in [-0.25, -0.2) is 0 Å². The van der Waals surface area contributed by atoms with Crippen molar-refractivity contribution in [3.05, 3.63) is 59.5 Å². The molecule has 1 aliphatic heterocycles. The maximum absolute atomic E-state index is 4.57. The van der Waals surface area contributed by atoms with Crippen molar-refractivity contribution in [1.82, 2.24) is 24.9 Å². The van der Waals surface area contributed by atoms with Crippen LogP contribution in [-0.4, -0.2) is 38.0 Å². The fourth-order valence-corrected chi connectivity index (χ4v) is 3.33. The Kier molecular flexibility index (Phi) is 3.71. The van der Waals surface area contributed by atoms with Crippen molar-refractivity contribution in [3.63, 3.8) is 0 Å². The molecule has 4 rings (SSSR count). The monoisotopic (exact) mass is 307 g/mol. The van der Waals surface area contributed by atoms with Gasteiger partial charge in [-0.05, 0) is 6.42 Å². The van der Waals surface area contributed by atoms with E-state index in [0.717, 1.165) is 38.2 Å². The van der Waals surface area contributed by atoms with Gasteiger partial charge in [0.1, 0.15) is 0 Å². The number of benzene rings is 1. The molecular formula is C18H21N5. The fraction of sp³-hybridized carbons (Fsp3) is 0.333. The molecular weight excluding hydrogens is 286 g/mol. The van der Waals surface area contributed by atoms with Gasteiger partial charge in [0, 0.05) is 61.7 Å². The van der Waals surface area contributed by atoms with Crippen LogP contribution in [-0.2, 0) is 26.4 Å². The van der Waals surface area contributed by atoms with E-state index in [1.807, 2.05) is 24.0 Å². The summed E-state index contributed by atoms with van der Waals surface area (Å²) in [4.78, 5) is 2.50. The van der Waals surface area contributed by atoms with Crippen LogP contribution in [0, 0.1) is 0 Å². The van der Waals surface area contributed by atoms with Crippen molar-refractivity contribution >= 4 is 0 Å². The van der Waals surface area contributed by atoms with Gasteiger partial charge in [0.2, 0.25) is 0 Å². The Morgan fingerprint density at radius 2 is 1.96 bits per heavy atom. The third-order valence-electron chi connectivity index (χ3n) is 4.52. The lowest BCUT2D eigenvalue weighted by Gasteiger charge is -2.18. The molecule has 5 nitrogen and oxygen atoms in total. The molecule has 0 radical (unpaired) electrons. The van der Waals surface area contributed by atoms with E-state index >= 15 is 0 Å². The number of aromatic nitrogens is 4. The van der Waals surface area contributed by atoms with E-state index in [1.165, 1.54) is 22.4 Å². The first-order valence-electron chi connectivity index (χ1n) is 8.11. The van der Waals surface area contributed by atoms with Gasteiger partial charge in [0.15, 0.2) is 0 Å². The van der Waals surface area contributed by atoms with Gasteiger partial charge in [0.25, 0.3) is 0 Å². The Morgan fingerprint density at radius 1 is 1.13 bits per heavy atom. The molecule has 5 heteroatoms. The highest BCUT2D eigenvalue weighted by atomic mass is 15.2. The van der Waals surface area contributed by atoms with E-state index in [0.29, 0.717) is 0 Å². The molecule has 118 valence electrons. The van der Waals surface area contributed by atoms with Crippen LogP contribution in [0.25, 0.3) is 11.3 Å². The minimum absolute atomic E-state index is 0.964. The standard InChI is InChI=1S/C18H21N5/c1-22-12-14(11-19-22)13-23-9-7-16-17(8-10-23)20-21-18(16)15-5-3-2-4-6-15/h2-6,11-12H,7-10,13H2,1H3,(H,20,21). The van der Waals surface area contributed by atoms with Gasteiger partial charge in [-0.3, -0.25) is 14.7 Å². The summed E-state index contributed by atoms with van der Waals surface area (Å²) in [6.07, 6.45) is 6.12. The molecule has 1 aliphatic rings. The van der Waals surface area contributed by atoms with Gasteiger partial charge in [-0.15, -0.1) is 0 Å². The molecule has 3 heterocycles. The number of hydrogen-bond donors (Lipinski definition) is 1. The van der Waals surface area contributed by atoms with E-state index < -0.39 is 0 Å². The molecule has 3 aromatic rings. The zero-order valence-corrected chi connectivity index (χ0v) is 13.4. The predicted octanol–water partition coefficient (Wildman–Crippen LogP) is 2.41. The number of fused-ring (bicyclic) bond motifs is 1. The summed E-state index contributed by atoms with van der Waals surface area (Å²) in [5.41, 5.74) is 6.26. The molecule has 0 atom stereocenters. The van der Waals surface area contributed by atoms with Crippen LogP contribution in [0.15, 0.2) is 42.7 Å². The normalized spacial score (nSPS) is 15.3. The van der Waals surface area contributed by atoms with Crippen LogP contribution in [0.2, 0.25) is 0 Å². The van der Waals surface area contributed by atoms with Gasteiger partial charge >= 0.3 is 0 Å². The first-order valence-corrected chi connectivity index (χ1v) is 8.11. The van der Waals surface area contributed by atoms with Crippen LogP contribution in [0.1, 0.15) is 16.8 Å².